The van der Waals surface area contributed by atoms with E-state index in [4.69, 9.17) is 10.8 Å². The van der Waals surface area contributed by atoms with Crippen molar-refractivity contribution in [2.24, 2.45) is 5.73 Å². The molecule has 0 aromatic heterocycles. The van der Waals surface area contributed by atoms with E-state index in [1.807, 2.05) is 7.05 Å². The largest absolute Gasteiger partial charge is 0.481 e. The Balaban J connectivity index is 3.11. The summed E-state index contributed by atoms with van der Waals surface area (Å²) in [6.07, 6.45) is 7.73. The number of nitrogens with one attached hydrogen (secondary N) is 1. The first-order chi connectivity index (χ1) is 7.66. The van der Waals surface area contributed by atoms with Crippen LogP contribution in [0.15, 0.2) is 0 Å². The fourth-order valence-electron chi connectivity index (χ4n) is 1.69. The van der Waals surface area contributed by atoms with Gasteiger partial charge in [0.25, 0.3) is 0 Å². The Morgan fingerprint density at radius 3 is 2.44 bits per heavy atom. The molecule has 0 aromatic rings. The summed E-state index contributed by atoms with van der Waals surface area (Å²) in [4.78, 5) is 10.3. The second-order valence-corrected chi connectivity index (χ2v) is 4.35. The Labute approximate surface area is 98.6 Å². The predicted octanol–water partition coefficient (Wildman–Crippen LogP) is 1.74. The lowest BCUT2D eigenvalue weighted by Gasteiger charge is -2.10. The number of rotatable bonds is 11. The summed E-state index contributed by atoms with van der Waals surface area (Å²) < 4.78 is 0. The first-order valence-electron chi connectivity index (χ1n) is 6.28. The quantitative estimate of drug-likeness (QED) is 0.473. The maximum absolute atomic E-state index is 10.3. The topological polar surface area (TPSA) is 75.3 Å². The Bertz CT molecular complexity index is 174. The Hall–Kier alpha value is -0.610. The third-order valence-electron chi connectivity index (χ3n) is 2.73. The first-order valence-corrected chi connectivity index (χ1v) is 6.28. The molecule has 1 unspecified atom stereocenters. The van der Waals surface area contributed by atoms with E-state index in [1.54, 1.807) is 0 Å². The van der Waals surface area contributed by atoms with Crippen LogP contribution in [-0.2, 0) is 4.79 Å². The van der Waals surface area contributed by atoms with Crippen LogP contribution in [0.3, 0.4) is 0 Å². The summed E-state index contributed by atoms with van der Waals surface area (Å²) in [6, 6.07) is 0.312. The Morgan fingerprint density at radius 1 is 1.19 bits per heavy atom. The van der Waals surface area contributed by atoms with Gasteiger partial charge in [0.1, 0.15) is 0 Å². The number of carboxylic acids is 1. The predicted molar refractivity (Wildman–Crippen MR) is 66.5 cm³/mol. The van der Waals surface area contributed by atoms with E-state index in [0.29, 0.717) is 12.5 Å². The van der Waals surface area contributed by atoms with Crippen LogP contribution in [0, 0.1) is 0 Å². The van der Waals surface area contributed by atoms with Gasteiger partial charge in [0.15, 0.2) is 0 Å². The van der Waals surface area contributed by atoms with E-state index >= 15 is 0 Å². The van der Waals surface area contributed by atoms with Crippen molar-refractivity contribution in [1.29, 1.82) is 0 Å². The zero-order valence-electron chi connectivity index (χ0n) is 10.4. The van der Waals surface area contributed by atoms with Gasteiger partial charge in [0.2, 0.25) is 0 Å². The zero-order chi connectivity index (χ0) is 12.2. The average Bonchev–Trinajstić information content (AvgIpc) is 2.24. The molecule has 1 atom stereocenters. The fraction of sp³-hybridized carbons (Fsp3) is 0.917. The lowest BCUT2D eigenvalue weighted by atomic mass is 10.0. The highest BCUT2D eigenvalue weighted by Gasteiger charge is 2.01. The molecule has 0 amide bonds. The lowest BCUT2D eigenvalue weighted by molar-refractivity contribution is -0.137. The van der Waals surface area contributed by atoms with E-state index in [9.17, 15) is 4.79 Å². The molecule has 0 rings (SSSR count). The molecule has 0 aliphatic carbocycles. The van der Waals surface area contributed by atoms with E-state index < -0.39 is 5.97 Å². The molecule has 0 bridgehead atoms. The molecule has 0 saturated carbocycles. The molecule has 0 aromatic carbocycles. The molecule has 4 nitrogen and oxygen atoms in total. The Morgan fingerprint density at radius 2 is 1.81 bits per heavy atom. The number of carboxylic acid groups (broad SMARTS) is 1. The molecule has 0 saturated heterocycles. The summed E-state index contributed by atoms with van der Waals surface area (Å²) in [5.41, 5.74) is 5.92. The molecular weight excluding hydrogens is 204 g/mol. The maximum Gasteiger partial charge on any atom is 0.303 e. The molecular formula is C12H26N2O2. The second-order valence-electron chi connectivity index (χ2n) is 4.35. The van der Waals surface area contributed by atoms with E-state index in [1.165, 1.54) is 6.42 Å². The maximum atomic E-state index is 10.3. The number of hydrogen-bond acceptors (Lipinski definition) is 3. The summed E-state index contributed by atoms with van der Waals surface area (Å²) in [5, 5.41) is 11.5. The molecule has 0 aliphatic rings. The van der Waals surface area contributed by atoms with Crippen molar-refractivity contribution in [3.05, 3.63) is 0 Å². The molecule has 0 aliphatic heterocycles. The van der Waals surface area contributed by atoms with Crippen LogP contribution in [0.2, 0.25) is 0 Å². The van der Waals surface area contributed by atoms with Gasteiger partial charge in [-0.3, -0.25) is 4.79 Å². The minimum absolute atomic E-state index is 0.307. The van der Waals surface area contributed by atoms with Crippen LogP contribution >= 0.6 is 0 Å². The van der Waals surface area contributed by atoms with E-state index in [2.05, 4.69) is 5.32 Å². The van der Waals surface area contributed by atoms with Crippen molar-refractivity contribution in [3.8, 4) is 0 Å². The van der Waals surface area contributed by atoms with Crippen LogP contribution < -0.4 is 11.1 Å². The van der Waals surface area contributed by atoms with Crippen molar-refractivity contribution >= 4 is 5.97 Å². The second kappa shape index (κ2) is 10.9. The fourth-order valence-corrected chi connectivity index (χ4v) is 1.69. The lowest BCUT2D eigenvalue weighted by Crippen LogP contribution is -2.24. The van der Waals surface area contributed by atoms with Gasteiger partial charge in [0.05, 0.1) is 0 Å². The standard InChI is InChI=1S/C12H26N2O2/c1-14-10-9-11(13)7-5-3-2-4-6-8-12(15)16/h11,14H,2-10,13H2,1H3,(H,15,16). The molecule has 4 N–H and O–H groups in total. The first kappa shape index (κ1) is 15.4. The minimum atomic E-state index is -0.686. The van der Waals surface area contributed by atoms with Crippen LogP contribution in [0.1, 0.15) is 51.4 Å². The zero-order valence-corrected chi connectivity index (χ0v) is 10.4. The van der Waals surface area contributed by atoms with Crippen molar-refractivity contribution in [1.82, 2.24) is 5.32 Å². The molecule has 0 spiro atoms. The Kier molecular flexibility index (Phi) is 10.5. The highest BCUT2D eigenvalue weighted by molar-refractivity contribution is 5.66. The van der Waals surface area contributed by atoms with Gasteiger partial charge in [-0.1, -0.05) is 25.7 Å². The van der Waals surface area contributed by atoms with Gasteiger partial charge in [0, 0.05) is 12.5 Å². The number of hydrogen-bond donors (Lipinski definition) is 3. The van der Waals surface area contributed by atoms with Crippen molar-refractivity contribution in [2.45, 2.75) is 57.4 Å². The van der Waals surface area contributed by atoms with Gasteiger partial charge >= 0.3 is 5.97 Å². The molecule has 4 heteroatoms. The monoisotopic (exact) mass is 230 g/mol. The van der Waals surface area contributed by atoms with Gasteiger partial charge in [-0.05, 0) is 32.9 Å². The van der Waals surface area contributed by atoms with Crippen LogP contribution in [0.25, 0.3) is 0 Å². The van der Waals surface area contributed by atoms with E-state index in [0.717, 1.165) is 45.1 Å². The third-order valence-corrected chi connectivity index (χ3v) is 2.73. The number of carbonyl (C=O) groups is 1. The van der Waals surface area contributed by atoms with Crippen LogP contribution in [0.5, 0.6) is 0 Å². The van der Waals surface area contributed by atoms with Gasteiger partial charge in [-0.15, -0.1) is 0 Å². The number of nitrogens with two attached hydrogens (primary N) is 1. The van der Waals surface area contributed by atoms with Crippen LogP contribution in [-0.4, -0.2) is 30.7 Å². The summed E-state index contributed by atoms with van der Waals surface area (Å²) >= 11 is 0. The molecule has 96 valence electrons. The normalized spacial score (nSPS) is 12.6. The van der Waals surface area contributed by atoms with Crippen LogP contribution in [0.4, 0.5) is 0 Å². The van der Waals surface area contributed by atoms with Gasteiger partial charge < -0.3 is 16.2 Å². The van der Waals surface area contributed by atoms with Crippen molar-refractivity contribution in [2.75, 3.05) is 13.6 Å². The van der Waals surface area contributed by atoms with Crippen molar-refractivity contribution < 1.29 is 9.90 Å². The summed E-state index contributed by atoms with van der Waals surface area (Å²) in [7, 11) is 1.94. The molecule has 0 radical (unpaired) electrons. The SMILES string of the molecule is CNCCC(N)CCCCCCCC(=O)O. The third kappa shape index (κ3) is 11.5. The minimum Gasteiger partial charge on any atom is -0.481 e. The average molecular weight is 230 g/mol. The highest BCUT2D eigenvalue weighted by atomic mass is 16.4. The smallest absolute Gasteiger partial charge is 0.303 e. The van der Waals surface area contributed by atoms with Crippen molar-refractivity contribution in [3.63, 3.8) is 0 Å². The summed E-state index contributed by atoms with van der Waals surface area (Å²) in [6.45, 7) is 0.986. The molecule has 0 heterocycles. The highest BCUT2D eigenvalue weighted by Crippen LogP contribution is 2.09. The number of unbranched alkanes of at least 4 members (excludes halogenated alkanes) is 4. The molecule has 0 fully saturated rings. The van der Waals surface area contributed by atoms with Gasteiger partial charge in [-0.2, -0.15) is 0 Å². The summed E-state index contributed by atoms with van der Waals surface area (Å²) in [5.74, 6) is -0.686. The number of aliphatic carboxylic acids is 1. The molecule has 16 heavy (non-hydrogen) atoms. The van der Waals surface area contributed by atoms with Gasteiger partial charge in [-0.25, -0.2) is 0 Å². The van der Waals surface area contributed by atoms with E-state index in [-0.39, 0.29) is 0 Å².